The Morgan fingerprint density at radius 3 is 2.68 bits per heavy atom. The van der Waals surface area contributed by atoms with Crippen LogP contribution in [0.4, 0.5) is 5.69 Å². The molecule has 1 atom stereocenters. The number of nitrogens with one attached hydrogen (secondary N) is 2. The predicted molar refractivity (Wildman–Crippen MR) is 141 cm³/mol. The molecule has 12 heteroatoms. The van der Waals surface area contributed by atoms with Gasteiger partial charge in [0.1, 0.15) is 0 Å². The Balaban J connectivity index is 1.81. The monoisotopic (exact) mass is 524 g/mol. The number of carboxylic acid groups (broad SMARTS) is 1. The molecule has 2 aromatic rings. The van der Waals surface area contributed by atoms with Crippen molar-refractivity contribution in [3.63, 3.8) is 0 Å². The van der Waals surface area contributed by atoms with Crippen LogP contribution >= 0.6 is 0 Å². The number of nitro groups is 1. The molecule has 0 aliphatic carbocycles. The number of rotatable bonds is 12. The Hall–Kier alpha value is -4.48. The Kier molecular flexibility index (Phi) is 9.00. The number of nitro benzene ring substituents is 1. The summed E-state index contributed by atoms with van der Waals surface area (Å²) >= 11 is 0. The van der Waals surface area contributed by atoms with Gasteiger partial charge in [-0.1, -0.05) is 18.2 Å². The van der Waals surface area contributed by atoms with Crippen molar-refractivity contribution in [2.75, 3.05) is 13.7 Å². The molecule has 1 aliphatic rings. The van der Waals surface area contributed by atoms with E-state index in [-0.39, 0.29) is 11.4 Å². The summed E-state index contributed by atoms with van der Waals surface area (Å²) in [6.07, 6.45) is 5.47. The number of aryl methyl sites for hydroxylation is 1. The Morgan fingerprint density at radius 1 is 1.26 bits per heavy atom. The van der Waals surface area contributed by atoms with E-state index in [1.54, 1.807) is 25.1 Å². The van der Waals surface area contributed by atoms with E-state index in [9.17, 15) is 19.7 Å². The van der Waals surface area contributed by atoms with Gasteiger partial charge in [0.2, 0.25) is 0 Å². The Bertz CT molecular complexity index is 1310. The molecule has 202 valence electrons. The van der Waals surface area contributed by atoms with Crippen LogP contribution in [0.25, 0.3) is 0 Å². The predicted octanol–water partition coefficient (Wildman–Crippen LogP) is 3.37. The van der Waals surface area contributed by atoms with Crippen molar-refractivity contribution in [3.05, 3.63) is 80.7 Å². The first kappa shape index (κ1) is 28.1. The molecule has 0 spiro atoms. The molecular formula is C26H32N6O6. The number of carbonyl (C=O) groups excluding carboxylic acids is 1. The van der Waals surface area contributed by atoms with Crippen LogP contribution in [-0.4, -0.2) is 51.4 Å². The van der Waals surface area contributed by atoms with Crippen molar-refractivity contribution in [2.24, 2.45) is 10.7 Å². The van der Waals surface area contributed by atoms with Crippen LogP contribution in [0.2, 0.25) is 0 Å². The van der Waals surface area contributed by atoms with Crippen molar-refractivity contribution >= 4 is 23.5 Å². The SMILES string of the molecule is COC(=O)C1=C(C)NC(C)=CC1(CCCC(N)=NCCCc1[nH]cnc1C(=O)O)c1ccccc1[N+](=O)[O-]. The molecular weight excluding hydrogens is 492 g/mol. The quantitative estimate of drug-likeness (QED) is 0.0806. The molecule has 0 amide bonds. The number of methoxy groups -OCH3 is 1. The number of allylic oxidation sites excluding steroid dienone is 3. The van der Waals surface area contributed by atoms with Gasteiger partial charge < -0.3 is 25.9 Å². The van der Waals surface area contributed by atoms with Crippen LogP contribution in [-0.2, 0) is 21.4 Å². The second-order valence-corrected chi connectivity index (χ2v) is 9.05. The van der Waals surface area contributed by atoms with E-state index >= 15 is 0 Å². The molecule has 0 saturated carbocycles. The van der Waals surface area contributed by atoms with Crippen molar-refractivity contribution < 1.29 is 24.4 Å². The number of carboxylic acids is 1. The number of carbonyl (C=O) groups is 2. The van der Waals surface area contributed by atoms with Crippen LogP contribution in [0.15, 0.2) is 58.6 Å². The molecule has 38 heavy (non-hydrogen) atoms. The van der Waals surface area contributed by atoms with Gasteiger partial charge in [0.15, 0.2) is 5.69 Å². The van der Waals surface area contributed by atoms with Crippen LogP contribution < -0.4 is 11.1 Å². The lowest BCUT2D eigenvalue weighted by Crippen LogP contribution is -2.39. The molecule has 1 aromatic heterocycles. The molecule has 1 aromatic carbocycles. The summed E-state index contributed by atoms with van der Waals surface area (Å²) in [4.78, 5) is 46.7. The minimum Gasteiger partial charge on any atom is -0.476 e. The molecule has 2 heterocycles. The van der Waals surface area contributed by atoms with Crippen LogP contribution in [0.3, 0.4) is 0 Å². The fraction of sp³-hybridized carbons (Fsp3) is 0.385. The summed E-state index contributed by atoms with van der Waals surface area (Å²) in [5.41, 5.74) is 7.52. The number of aromatic nitrogens is 2. The molecule has 3 rings (SSSR count). The number of nitrogens with two attached hydrogens (primary N) is 1. The number of imidazole rings is 1. The number of esters is 1. The van der Waals surface area contributed by atoms with Gasteiger partial charge in [-0.2, -0.15) is 0 Å². The number of nitrogens with zero attached hydrogens (tertiary/aromatic N) is 3. The highest BCUT2D eigenvalue weighted by Crippen LogP contribution is 2.46. The van der Waals surface area contributed by atoms with Gasteiger partial charge in [0.05, 0.1) is 35.2 Å². The normalized spacial score (nSPS) is 17.6. The van der Waals surface area contributed by atoms with E-state index in [2.05, 4.69) is 20.3 Å². The molecule has 1 aliphatic heterocycles. The standard InChI is InChI=1S/C26H32N6O6/c1-16-14-26(22(17(2)31-16)25(35)38-3,18-8-4-5-10-20(18)32(36)37)12-6-11-21(27)28-13-7-9-19-23(24(33)34)30-15-29-19/h4-5,8,10,14-15,31H,6-7,9,11-13H2,1-3H3,(H2,27,28)(H,29,30)(H,33,34). The number of aromatic carboxylic acids is 1. The number of hydrogen-bond donors (Lipinski definition) is 4. The first-order valence-electron chi connectivity index (χ1n) is 12.1. The number of hydrogen-bond acceptors (Lipinski definition) is 8. The number of aliphatic imine (C=N–C) groups is 1. The summed E-state index contributed by atoms with van der Waals surface area (Å²) in [6.45, 7) is 3.98. The summed E-state index contributed by atoms with van der Waals surface area (Å²) in [5.74, 6) is -1.26. The van der Waals surface area contributed by atoms with Gasteiger partial charge in [0, 0.05) is 41.7 Å². The number of para-hydroxylation sites is 1. The van der Waals surface area contributed by atoms with Gasteiger partial charge in [0.25, 0.3) is 5.69 Å². The minimum atomic E-state index is -1.11. The maximum Gasteiger partial charge on any atom is 0.356 e. The zero-order chi connectivity index (χ0) is 27.9. The topological polar surface area (TPSA) is 186 Å². The average Bonchev–Trinajstić information content (AvgIpc) is 3.35. The summed E-state index contributed by atoms with van der Waals surface area (Å²) in [5, 5.41) is 24.2. The third-order valence-electron chi connectivity index (χ3n) is 6.46. The largest absolute Gasteiger partial charge is 0.476 e. The van der Waals surface area contributed by atoms with E-state index in [0.29, 0.717) is 67.0 Å². The zero-order valence-electron chi connectivity index (χ0n) is 21.6. The lowest BCUT2D eigenvalue weighted by molar-refractivity contribution is -0.385. The summed E-state index contributed by atoms with van der Waals surface area (Å²) in [7, 11) is 1.28. The lowest BCUT2D eigenvalue weighted by atomic mass is 9.67. The van der Waals surface area contributed by atoms with E-state index in [1.807, 2.05) is 13.0 Å². The lowest BCUT2D eigenvalue weighted by Gasteiger charge is -2.37. The van der Waals surface area contributed by atoms with Crippen molar-refractivity contribution in [1.82, 2.24) is 15.3 Å². The number of H-pyrrole nitrogens is 1. The molecule has 0 saturated heterocycles. The minimum absolute atomic E-state index is 0.00247. The average molecular weight is 525 g/mol. The highest BCUT2D eigenvalue weighted by atomic mass is 16.6. The van der Waals surface area contributed by atoms with Crippen LogP contribution in [0.1, 0.15) is 61.3 Å². The molecule has 12 nitrogen and oxygen atoms in total. The fourth-order valence-electron chi connectivity index (χ4n) is 4.96. The molecule has 0 bridgehead atoms. The van der Waals surface area contributed by atoms with Crippen molar-refractivity contribution in [1.29, 1.82) is 0 Å². The second-order valence-electron chi connectivity index (χ2n) is 9.05. The molecule has 5 N–H and O–H groups in total. The Morgan fingerprint density at radius 2 is 2.00 bits per heavy atom. The fourth-order valence-corrected chi connectivity index (χ4v) is 4.96. The first-order valence-corrected chi connectivity index (χ1v) is 12.1. The van der Waals surface area contributed by atoms with Gasteiger partial charge in [-0.15, -0.1) is 0 Å². The molecule has 0 fully saturated rings. The van der Waals surface area contributed by atoms with Gasteiger partial charge >= 0.3 is 11.9 Å². The summed E-state index contributed by atoms with van der Waals surface area (Å²) in [6, 6.07) is 6.40. The molecule has 0 radical (unpaired) electrons. The zero-order valence-corrected chi connectivity index (χ0v) is 21.6. The maximum atomic E-state index is 13.0. The smallest absolute Gasteiger partial charge is 0.356 e. The third-order valence-corrected chi connectivity index (χ3v) is 6.46. The Labute approximate surface area is 219 Å². The molecule has 1 unspecified atom stereocenters. The van der Waals surface area contributed by atoms with Crippen LogP contribution in [0.5, 0.6) is 0 Å². The first-order chi connectivity index (χ1) is 18.1. The van der Waals surface area contributed by atoms with E-state index in [4.69, 9.17) is 15.6 Å². The maximum absolute atomic E-state index is 13.0. The number of aromatic amines is 1. The van der Waals surface area contributed by atoms with Gasteiger partial charge in [-0.3, -0.25) is 15.1 Å². The number of dihydropyridines is 1. The third kappa shape index (κ3) is 6.07. The number of amidine groups is 1. The van der Waals surface area contributed by atoms with Crippen LogP contribution in [0, 0.1) is 10.1 Å². The highest BCUT2D eigenvalue weighted by Gasteiger charge is 2.45. The highest BCUT2D eigenvalue weighted by molar-refractivity contribution is 5.94. The number of ether oxygens (including phenoxy) is 1. The number of benzene rings is 1. The second kappa shape index (κ2) is 12.2. The van der Waals surface area contributed by atoms with E-state index in [0.717, 1.165) is 5.70 Å². The van der Waals surface area contributed by atoms with E-state index in [1.165, 1.54) is 19.5 Å². The van der Waals surface area contributed by atoms with Gasteiger partial charge in [-0.05, 0) is 45.6 Å². The van der Waals surface area contributed by atoms with Gasteiger partial charge in [-0.25, -0.2) is 14.6 Å². The van der Waals surface area contributed by atoms with E-state index < -0.39 is 22.3 Å². The van der Waals surface area contributed by atoms with Crippen molar-refractivity contribution in [2.45, 2.75) is 51.4 Å². The summed E-state index contributed by atoms with van der Waals surface area (Å²) < 4.78 is 5.09. The van der Waals surface area contributed by atoms with Crippen molar-refractivity contribution in [3.8, 4) is 0 Å².